The van der Waals surface area contributed by atoms with Crippen molar-refractivity contribution < 1.29 is 22.3 Å². The summed E-state index contributed by atoms with van der Waals surface area (Å²) in [5.41, 5.74) is 5.62. The van der Waals surface area contributed by atoms with Crippen molar-refractivity contribution in [2.75, 3.05) is 6.61 Å². The Bertz CT molecular complexity index is 376. The van der Waals surface area contributed by atoms with Crippen LogP contribution in [0.1, 0.15) is 24.9 Å². The number of hydrogen-bond acceptors (Lipinski definition) is 2. The third-order valence-electron chi connectivity index (χ3n) is 2.11. The van der Waals surface area contributed by atoms with Gasteiger partial charge in [-0.15, -0.1) is 0 Å². The molecular formula is C11H13F4NO. The molecule has 0 amide bonds. The third kappa shape index (κ3) is 4.22. The van der Waals surface area contributed by atoms with Crippen molar-refractivity contribution in [1.82, 2.24) is 0 Å². The van der Waals surface area contributed by atoms with Crippen molar-refractivity contribution in [3.8, 4) is 5.75 Å². The van der Waals surface area contributed by atoms with E-state index in [2.05, 4.69) is 0 Å². The summed E-state index contributed by atoms with van der Waals surface area (Å²) in [7, 11) is 0. The van der Waals surface area contributed by atoms with E-state index in [0.29, 0.717) is 0 Å². The number of nitrogens with two attached hydrogens (primary N) is 1. The standard InChI is InChI=1S/C11H13F4NO/c1-7(16)10-8(12)3-2-4-9(10)17-6-5-11(13,14)15/h2-4,7H,5-6,16H2,1H3/t7-/m1/s1. The molecular weight excluding hydrogens is 238 g/mol. The van der Waals surface area contributed by atoms with Crippen molar-refractivity contribution in [2.45, 2.75) is 25.6 Å². The van der Waals surface area contributed by atoms with Gasteiger partial charge in [0.25, 0.3) is 0 Å². The highest BCUT2D eigenvalue weighted by molar-refractivity contribution is 5.36. The number of hydrogen-bond donors (Lipinski definition) is 1. The summed E-state index contributed by atoms with van der Waals surface area (Å²) >= 11 is 0. The zero-order valence-electron chi connectivity index (χ0n) is 9.22. The molecule has 0 saturated heterocycles. The smallest absolute Gasteiger partial charge is 0.392 e. The lowest BCUT2D eigenvalue weighted by atomic mass is 10.1. The first-order valence-corrected chi connectivity index (χ1v) is 5.05. The summed E-state index contributed by atoms with van der Waals surface area (Å²) in [6.45, 7) is 0.988. The molecule has 2 nitrogen and oxygen atoms in total. The molecule has 0 aliphatic heterocycles. The Morgan fingerprint density at radius 2 is 2.00 bits per heavy atom. The minimum absolute atomic E-state index is 0.0595. The van der Waals surface area contributed by atoms with Crippen molar-refractivity contribution in [2.24, 2.45) is 5.73 Å². The Morgan fingerprint density at radius 3 is 2.53 bits per heavy atom. The zero-order chi connectivity index (χ0) is 13.1. The summed E-state index contributed by atoms with van der Waals surface area (Å²) in [5, 5.41) is 0. The number of benzene rings is 1. The van der Waals surface area contributed by atoms with E-state index in [9.17, 15) is 17.6 Å². The van der Waals surface area contributed by atoms with Crippen molar-refractivity contribution in [3.63, 3.8) is 0 Å². The van der Waals surface area contributed by atoms with E-state index < -0.39 is 31.1 Å². The van der Waals surface area contributed by atoms with E-state index in [1.807, 2.05) is 0 Å². The second-order valence-electron chi connectivity index (χ2n) is 3.65. The van der Waals surface area contributed by atoms with Crippen LogP contribution < -0.4 is 10.5 Å². The predicted molar refractivity (Wildman–Crippen MR) is 55.2 cm³/mol. The maximum absolute atomic E-state index is 13.4. The second kappa shape index (κ2) is 5.35. The van der Waals surface area contributed by atoms with Gasteiger partial charge in [-0.1, -0.05) is 6.07 Å². The fraction of sp³-hybridized carbons (Fsp3) is 0.455. The van der Waals surface area contributed by atoms with Crippen LogP contribution in [0, 0.1) is 5.82 Å². The van der Waals surface area contributed by atoms with Crippen LogP contribution in [0.3, 0.4) is 0 Å². The molecule has 0 bridgehead atoms. The topological polar surface area (TPSA) is 35.2 Å². The first-order valence-electron chi connectivity index (χ1n) is 5.05. The zero-order valence-corrected chi connectivity index (χ0v) is 9.22. The average molecular weight is 251 g/mol. The van der Waals surface area contributed by atoms with Gasteiger partial charge in [0.15, 0.2) is 0 Å². The van der Waals surface area contributed by atoms with Crippen LogP contribution in [0.15, 0.2) is 18.2 Å². The molecule has 17 heavy (non-hydrogen) atoms. The summed E-state index contributed by atoms with van der Waals surface area (Å²) in [6, 6.07) is 3.31. The van der Waals surface area contributed by atoms with Crippen LogP contribution in [0.25, 0.3) is 0 Å². The SMILES string of the molecule is C[C@@H](N)c1c(F)cccc1OCCC(F)(F)F. The van der Waals surface area contributed by atoms with Gasteiger partial charge in [-0.3, -0.25) is 0 Å². The molecule has 0 fully saturated rings. The Hall–Kier alpha value is -1.30. The van der Waals surface area contributed by atoms with Gasteiger partial charge in [-0.25, -0.2) is 4.39 Å². The normalized spacial score (nSPS) is 13.5. The fourth-order valence-electron chi connectivity index (χ4n) is 1.36. The first-order chi connectivity index (χ1) is 7.81. The molecule has 96 valence electrons. The molecule has 0 aliphatic rings. The van der Waals surface area contributed by atoms with Crippen LogP contribution >= 0.6 is 0 Å². The molecule has 0 spiro atoms. The first kappa shape index (κ1) is 13.8. The molecule has 0 saturated carbocycles. The number of alkyl halides is 3. The molecule has 0 unspecified atom stereocenters. The molecule has 1 atom stereocenters. The van der Waals surface area contributed by atoms with E-state index in [1.54, 1.807) is 0 Å². The highest BCUT2D eigenvalue weighted by Gasteiger charge is 2.27. The molecule has 1 aromatic rings. The Morgan fingerprint density at radius 1 is 1.35 bits per heavy atom. The molecule has 6 heteroatoms. The monoisotopic (exact) mass is 251 g/mol. The minimum Gasteiger partial charge on any atom is -0.493 e. The van der Waals surface area contributed by atoms with Gasteiger partial charge in [0.1, 0.15) is 11.6 Å². The Labute approximate surface area is 96.4 Å². The summed E-state index contributed by atoms with van der Waals surface area (Å²) in [4.78, 5) is 0. The molecule has 0 aliphatic carbocycles. The van der Waals surface area contributed by atoms with Crippen molar-refractivity contribution in [3.05, 3.63) is 29.6 Å². The summed E-state index contributed by atoms with van der Waals surface area (Å²) in [6.07, 6.45) is -5.37. The average Bonchev–Trinajstić information content (AvgIpc) is 2.14. The summed E-state index contributed by atoms with van der Waals surface area (Å²) < 4.78 is 54.0. The fourth-order valence-corrected chi connectivity index (χ4v) is 1.36. The van der Waals surface area contributed by atoms with Gasteiger partial charge in [0.05, 0.1) is 13.0 Å². The minimum atomic E-state index is -4.29. The van der Waals surface area contributed by atoms with Crippen LogP contribution in [0.2, 0.25) is 0 Å². The van der Waals surface area contributed by atoms with E-state index in [1.165, 1.54) is 25.1 Å². The second-order valence-corrected chi connectivity index (χ2v) is 3.65. The van der Waals surface area contributed by atoms with Crippen LogP contribution in [-0.4, -0.2) is 12.8 Å². The maximum atomic E-state index is 13.4. The van der Waals surface area contributed by atoms with Crippen LogP contribution in [-0.2, 0) is 0 Å². The number of rotatable bonds is 4. The van der Waals surface area contributed by atoms with Gasteiger partial charge in [-0.05, 0) is 19.1 Å². The van der Waals surface area contributed by atoms with E-state index in [0.717, 1.165) is 0 Å². The lowest BCUT2D eigenvalue weighted by Gasteiger charge is -2.15. The molecule has 0 aromatic heterocycles. The third-order valence-corrected chi connectivity index (χ3v) is 2.11. The largest absolute Gasteiger partial charge is 0.493 e. The van der Waals surface area contributed by atoms with Crippen LogP contribution in [0.4, 0.5) is 17.6 Å². The molecule has 1 rings (SSSR count). The van der Waals surface area contributed by atoms with Gasteiger partial charge in [0.2, 0.25) is 0 Å². The van der Waals surface area contributed by atoms with E-state index >= 15 is 0 Å². The van der Waals surface area contributed by atoms with E-state index in [-0.39, 0.29) is 11.3 Å². The maximum Gasteiger partial charge on any atom is 0.392 e. The van der Waals surface area contributed by atoms with Gasteiger partial charge < -0.3 is 10.5 Å². The van der Waals surface area contributed by atoms with Crippen molar-refractivity contribution in [1.29, 1.82) is 0 Å². The molecule has 0 radical (unpaired) electrons. The predicted octanol–water partition coefficient (Wildman–Crippen LogP) is 3.18. The number of ether oxygens (including phenoxy) is 1. The highest BCUT2D eigenvalue weighted by Crippen LogP contribution is 2.27. The van der Waals surface area contributed by atoms with E-state index in [4.69, 9.17) is 10.5 Å². The number of halogens is 4. The summed E-state index contributed by atoms with van der Waals surface area (Å²) in [5.74, 6) is -0.520. The highest BCUT2D eigenvalue weighted by atomic mass is 19.4. The Balaban J connectivity index is 2.74. The van der Waals surface area contributed by atoms with Gasteiger partial charge >= 0.3 is 6.18 Å². The molecule has 1 aromatic carbocycles. The lowest BCUT2D eigenvalue weighted by Crippen LogP contribution is -2.15. The molecule has 2 N–H and O–H groups in total. The van der Waals surface area contributed by atoms with Gasteiger partial charge in [-0.2, -0.15) is 13.2 Å². The lowest BCUT2D eigenvalue weighted by molar-refractivity contribution is -0.139. The van der Waals surface area contributed by atoms with Gasteiger partial charge in [0, 0.05) is 11.6 Å². The quantitative estimate of drug-likeness (QED) is 0.834. The Kier molecular flexibility index (Phi) is 4.34. The molecule has 0 heterocycles. The van der Waals surface area contributed by atoms with Crippen molar-refractivity contribution >= 4 is 0 Å². The van der Waals surface area contributed by atoms with Crippen LogP contribution in [0.5, 0.6) is 5.75 Å².